The van der Waals surface area contributed by atoms with E-state index in [2.05, 4.69) is 36.9 Å². The van der Waals surface area contributed by atoms with E-state index in [4.69, 9.17) is 10.00 Å². The van der Waals surface area contributed by atoms with Gasteiger partial charge in [-0.15, -0.1) is 0 Å². The molecule has 2 fully saturated rings. The van der Waals surface area contributed by atoms with E-state index in [0.717, 1.165) is 45.9 Å². The molecule has 0 aromatic heterocycles. The van der Waals surface area contributed by atoms with Gasteiger partial charge >= 0.3 is 0 Å². The fourth-order valence-electron chi connectivity index (χ4n) is 2.57. The van der Waals surface area contributed by atoms with Crippen LogP contribution in [0.1, 0.15) is 6.42 Å². The van der Waals surface area contributed by atoms with E-state index in [0.29, 0.717) is 13.0 Å². The number of nitriles is 1. The summed E-state index contributed by atoms with van der Waals surface area (Å²) >= 11 is 2.25. The first kappa shape index (κ1) is 16.7. The summed E-state index contributed by atoms with van der Waals surface area (Å²) in [5.74, 6) is 0.0213. The van der Waals surface area contributed by atoms with Gasteiger partial charge in [0.2, 0.25) is 5.91 Å². The molecular weight excluding hydrogens is 383 g/mol. The lowest BCUT2D eigenvalue weighted by Crippen LogP contribution is -2.52. The van der Waals surface area contributed by atoms with Crippen LogP contribution in [0.4, 0.5) is 0 Å². The number of rotatable bonds is 4. The van der Waals surface area contributed by atoms with E-state index in [-0.39, 0.29) is 11.9 Å². The Hall–Kier alpha value is -0.690. The average Bonchev–Trinajstić information content (AvgIpc) is 2.49. The van der Waals surface area contributed by atoms with E-state index < -0.39 is 0 Å². The predicted molar refractivity (Wildman–Crippen MR) is 87.7 cm³/mol. The first-order chi connectivity index (χ1) is 10.2. The van der Waals surface area contributed by atoms with Crippen LogP contribution in [0.25, 0.3) is 0 Å². The molecule has 1 amide bonds. The van der Waals surface area contributed by atoms with E-state index in [1.54, 1.807) is 6.08 Å². The fraction of sp³-hybridized carbons (Fsp3) is 0.714. The molecule has 2 saturated heterocycles. The molecule has 116 valence electrons. The Morgan fingerprint density at radius 1 is 1.33 bits per heavy atom. The molecule has 0 N–H and O–H groups in total. The van der Waals surface area contributed by atoms with Crippen LogP contribution >= 0.6 is 22.9 Å². The molecule has 0 radical (unpaired) electrons. The van der Waals surface area contributed by atoms with Crippen molar-refractivity contribution in [3.63, 3.8) is 0 Å². The minimum absolute atomic E-state index is 0.00110. The van der Waals surface area contributed by atoms with Crippen LogP contribution in [0.3, 0.4) is 0 Å². The summed E-state index contributed by atoms with van der Waals surface area (Å²) in [6.07, 6.45) is 3.97. The monoisotopic (exact) mass is 404 g/mol. The SMILES string of the molecule is N#CC[C@H]1CN(I)CCN1C(=O)/C=C/CN1CCOCC1. The van der Waals surface area contributed by atoms with Crippen LogP contribution in [-0.4, -0.2) is 77.3 Å². The van der Waals surface area contributed by atoms with Crippen molar-refractivity contribution in [1.29, 1.82) is 5.26 Å². The molecule has 1 atom stereocenters. The lowest BCUT2D eigenvalue weighted by atomic mass is 10.1. The highest BCUT2D eigenvalue weighted by Gasteiger charge is 2.28. The molecule has 21 heavy (non-hydrogen) atoms. The smallest absolute Gasteiger partial charge is 0.246 e. The van der Waals surface area contributed by atoms with E-state index in [1.165, 1.54) is 0 Å². The third-order valence-corrected chi connectivity index (χ3v) is 4.65. The predicted octanol–water partition coefficient (Wildman–Crippen LogP) is 0.651. The van der Waals surface area contributed by atoms with Gasteiger partial charge in [-0.2, -0.15) is 5.26 Å². The molecule has 2 rings (SSSR count). The molecule has 0 bridgehead atoms. The van der Waals surface area contributed by atoms with Crippen LogP contribution in [0, 0.1) is 11.3 Å². The number of piperazine rings is 1. The average molecular weight is 404 g/mol. The van der Waals surface area contributed by atoms with Crippen molar-refractivity contribution in [3.05, 3.63) is 12.2 Å². The zero-order chi connectivity index (χ0) is 15.1. The fourth-order valence-corrected chi connectivity index (χ4v) is 3.24. The Kier molecular flexibility index (Phi) is 6.89. The molecule has 0 spiro atoms. The number of carbonyl (C=O) groups excluding carboxylic acids is 1. The number of ether oxygens (including phenoxy) is 1. The molecule has 2 aliphatic rings. The summed E-state index contributed by atoms with van der Waals surface area (Å²) in [5, 5.41) is 8.91. The van der Waals surface area contributed by atoms with E-state index >= 15 is 0 Å². The Bertz CT molecular complexity index is 418. The number of hydrogen-bond donors (Lipinski definition) is 0. The first-order valence-corrected chi connectivity index (χ1v) is 8.22. The van der Waals surface area contributed by atoms with Crippen molar-refractivity contribution in [2.75, 3.05) is 52.5 Å². The standard InChI is InChI=1S/C14H21IN4O2/c15-18-6-7-19(13(12-18)3-4-16)14(20)2-1-5-17-8-10-21-11-9-17/h1-2,13H,3,5-12H2/b2-1+/t13-/m0/s1. The molecule has 7 heteroatoms. The molecule has 0 aromatic rings. The topological polar surface area (TPSA) is 59.8 Å². The highest BCUT2D eigenvalue weighted by atomic mass is 127. The van der Waals surface area contributed by atoms with Crippen molar-refractivity contribution in [3.8, 4) is 6.07 Å². The maximum Gasteiger partial charge on any atom is 0.246 e. The normalized spacial score (nSPS) is 25.1. The molecule has 6 nitrogen and oxygen atoms in total. The Morgan fingerprint density at radius 3 is 2.81 bits per heavy atom. The minimum atomic E-state index is 0.00110. The second-order valence-electron chi connectivity index (χ2n) is 5.23. The van der Waals surface area contributed by atoms with Crippen molar-refractivity contribution in [2.24, 2.45) is 0 Å². The summed E-state index contributed by atoms with van der Waals surface area (Å²) in [4.78, 5) is 16.4. The number of nitrogens with zero attached hydrogens (tertiary/aromatic N) is 4. The van der Waals surface area contributed by atoms with Crippen molar-refractivity contribution < 1.29 is 9.53 Å². The van der Waals surface area contributed by atoms with Crippen molar-refractivity contribution in [1.82, 2.24) is 12.9 Å². The summed E-state index contributed by atoms with van der Waals surface area (Å²) < 4.78 is 7.44. The second-order valence-corrected chi connectivity index (χ2v) is 6.60. The largest absolute Gasteiger partial charge is 0.379 e. The molecule has 0 unspecified atom stereocenters. The molecule has 0 aliphatic carbocycles. The third-order valence-electron chi connectivity index (χ3n) is 3.77. The Labute approximate surface area is 139 Å². The first-order valence-electron chi connectivity index (χ1n) is 7.25. The van der Waals surface area contributed by atoms with Gasteiger partial charge in [-0.25, -0.2) is 3.11 Å². The highest BCUT2D eigenvalue weighted by Crippen LogP contribution is 2.16. The molecule has 2 heterocycles. The van der Waals surface area contributed by atoms with Crippen molar-refractivity contribution >= 4 is 28.8 Å². The number of carbonyl (C=O) groups is 1. The van der Waals surface area contributed by atoms with Gasteiger partial charge in [0, 0.05) is 68.2 Å². The second kappa shape index (κ2) is 8.68. The van der Waals surface area contributed by atoms with Gasteiger partial charge in [0.25, 0.3) is 0 Å². The summed E-state index contributed by atoms with van der Waals surface area (Å²) in [5.41, 5.74) is 0. The summed E-state index contributed by atoms with van der Waals surface area (Å²) in [6.45, 7) is 6.46. The van der Waals surface area contributed by atoms with Gasteiger partial charge in [0.05, 0.1) is 31.7 Å². The van der Waals surface area contributed by atoms with Crippen LogP contribution < -0.4 is 0 Å². The molecule has 0 aromatic carbocycles. The van der Waals surface area contributed by atoms with Gasteiger partial charge < -0.3 is 9.64 Å². The molecular formula is C14H21IN4O2. The Morgan fingerprint density at radius 2 is 2.10 bits per heavy atom. The number of amides is 1. The van der Waals surface area contributed by atoms with Crippen LogP contribution in [-0.2, 0) is 9.53 Å². The molecule has 2 aliphatic heterocycles. The minimum Gasteiger partial charge on any atom is -0.379 e. The quantitative estimate of drug-likeness (QED) is 0.391. The zero-order valence-electron chi connectivity index (χ0n) is 12.1. The maximum atomic E-state index is 12.3. The van der Waals surface area contributed by atoms with Gasteiger partial charge in [-0.1, -0.05) is 6.08 Å². The number of morpholine rings is 1. The lowest BCUT2D eigenvalue weighted by Gasteiger charge is -2.37. The third kappa shape index (κ3) is 5.21. The van der Waals surface area contributed by atoms with Gasteiger partial charge in [0.15, 0.2) is 0 Å². The van der Waals surface area contributed by atoms with Gasteiger partial charge in [-0.3, -0.25) is 9.69 Å². The molecule has 0 saturated carbocycles. The number of hydrogen-bond acceptors (Lipinski definition) is 5. The van der Waals surface area contributed by atoms with E-state index in [1.807, 2.05) is 11.0 Å². The van der Waals surface area contributed by atoms with E-state index in [9.17, 15) is 4.79 Å². The van der Waals surface area contributed by atoms with Crippen molar-refractivity contribution in [2.45, 2.75) is 12.5 Å². The summed E-state index contributed by atoms with van der Waals surface area (Å²) in [7, 11) is 0. The lowest BCUT2D eigenvalue weighted by molar-refractivity contribution is -0.129. The maximum absolute atomic E-state index is 12.3. The Balaban J connectivity index is 1.84. The van der Waals surface area contributed by atoms with Crippen LogP contribution in [0.5, 0.6) is 0 Å². The summed E-state index contributed by atoms with van der Waals surface area (Å²) in [6, 6.07) is 2.18. The number of halogens is 1. The zero-order valence-corrected chi connectivity index (χ0v) is 14.2. The van der Waals surface area contributed by atoms with Crippen LogP contribution in [0.2, 0.25) is 0 Å². The highest BCUT2D eigenvalue weighted by molar-refractivity contribution is 14.1. The van der Waals surface area contributed by atoms with Gasteiger partial charge in [-0.05, 0) is 0 Å². The van der Waals surface area contributed by atoms with Gasteiger partial charge in [0.1, 0.15) is 0 Å². The van der Waals surface area contributed by atoms with Crippen LogP contribution in [0.15, 0.2) is 12.2 Å².